The van der Waals surface area contributed by atoms with Crippen LogP contribution in [0.1, 0.15) is 32.9 Å². The molecule has 3 aromatic heterocycles. The average molecular weight is 816 g/mol. The number of rotatable bonds is 7. The molecule has 0 radical (unpaired) electrons. The Hall–Kier alpha value is -8.41. The molecule has 9 aromatic carbocycles. The van der Waals surface area contributed by atoms with Gasteiger partial charge in [-0.2, -0.15) is 15.0 Å². The molecule has 0 aliphatic rings. The van der Waals surface area contributed by atoms with Gasteiger partial charge < -0.3 is 0 Å². The van der Waals surface area contributed by atoms with E-state index in [1.54, 1.807) is 24.3 Å². The fraction of sp³-hybridized carbons (Fsp3) is 0. The lowest BCUT2D eigenvalue weighted by atomic mass is 9.94. The van der Waals surface area contributed by atoms with Crippen molar-refractivity contribution < 1.29 is 32.9 Å². The van der Waals surface area contributed by atoms with Gasteiger partial charge in [-0.05, 0) is 74.7 Å². The zero-order valence-corrected chi connectivity index (χ0v) is 31.7. The van der Waals surface area contributed by atoms with Crippen LogP contribution in [0.2, 0.25) is 0 Å². The maximum Gasteiger partial charge on any atom is 0.240 e. The van der Waals surface area contributed by atoms with Gasteiger partial charge in [-0.25, -0.2) is 0 Å². The second-order valence-corrected chi connectivity index (χ2v) is 13.8. The van der Waals surface area contributed by atoms with Crippen molar-refractivity contribution in [2.75, 3.05) is 0 Å². The van der Waals surface area contributed by atoms with Crippen LogP contribution in [-0.4, -0.2) is 24.1 Å². The lowest BCUT2D eigenvalue weighted by molar-refractivity contribution is 0.893. The van der Waals surface area contributed by atoms with Gasteiger partial charge in [0.15, 0.2) is 5.82 Å². The second-order valence-electron chi connectivity index (χ2n) is 13.8. The molecule has 5 heteroatoms. The quantitative estimate of drug-likeness (QED) is 0.161. The van der Waals surface area contributed by atoms with Crippen molar-refractivity contribution in [2.24, 2.45) is 0 Å². The van der Waals surface area contributed by atoms with Crippen LogP contribution in [-0.2, 0) is 0 Å². The van der Waals surface area contributed by atoms with E-state index < -0.39 is 212 Å². The molecule has 5 nitrogen and oxygen atoms in total. The number of para-hydroxylation sites is 2. The molecule has 12 aromatic rings. The molecule has 62 heavy (non-hydrogen) atoms. The molecule has 12 rings (SSSR count). The zero-order valence-electron chi connectivity index (χ0n) is 55.7. The molecule has 0 aliphatic carbocycles. The molecule has 0 atom stereocenters. The van der Waals surface area contributed by atoms with Crippen molar-refractivity contribution in [3.05, 3.63) is 224 Å². The van der Waals surface area contributed by atoms with Crippen molar-refractivity contribution >= 4 is 43.6 Å². The lowest BCUT2D eigenvalue weighted by Gasteiger charge is -2.14. The maximum absolute atomic E-state index is 10.1. The summed E-state index contributed by atoms with van der Waals surface area (Å²) < 4.78 is 220. The Balaban J connectivity index is 1.33. The Morgan fingerprint density at radius 3 is 1.35 bits per heavy atom. The van der Waals surface area contributed by atoms with E-state index in [0.29, 0.717) is 11.1 Å². The van der Waals surface area contributed by atoms with E-state index in [1.165, 1.54) is 0 Å². The molecule has 0 saturated carbocycles. The SMILES string of the molecule is [2H]c1c([2H])c([2H])c(-c2c([2H])c([2H])c3c4c([2H])c([2H])c(-c5c([2H])c([2H])c([2H])c([2H])c5[2H])c([2H])c4n(-c4nc(-c5cccc(-c6ccccc6-c6ccccc6)c5)nc(-n5c6c([2H])c([2H])c([2H])c([2H])c6c6c([2H])c([2H])c([2H])c([2H])c65)n4)c3c2[2H])c([2H])c1[2H]. The summed E-state index contributed by atoms with van der Waals surface area (Å²) in [5.41, 5.74) is -1.90. The van der Waals surface area contributed by atoms with Gasteiger partial charge in [0.05, 0.1) is 55.0 Å². The summed E-state index contributed by atoms with van der Waals surface area (Å²) in [6.45, 7) is 0. The van der Waals surface area contributed by atoms with E-state index in [9.17, 15) is 13.7 Å². The van der Waals surface area contributed by atoms with Crippen molar-refractivity contribution in [1.29, 1.82) is 0 Å². The number of nitrogens with zero attached hydrogens (tertiary/aromatic N) is 5. The molecule has 0 bridgehead atoms. The van der Waals surface area contributed by atoms with Crippen LogP contribution in [0, 0.1) is 0 Å². The van der Waals surface area contributed by atoms with Gasteiger partial charge in [0.25, 0.3) is 0 Å². The molecule has 290 valence electrons. The number of hydrogen-bond acceptors (Lipinski definition) is 3. The summed E-state index contributed by atoms with van der Waals surface area (Å²) in [6.07, 6.45) is 0. The molecular weight excluding hydrogens is 755 g/mol. The monoisotopic (exact) mass is 815 g/mol. The zero-order chi connectivity index (χ0) is 61.9. The van der Waals surface area contributed by atoms with Gasteiger partial charge in [0.1, 0.15) is 0 Å². The summed E-state index contributed by atoms with van der Waals surface area (Å²) in [5.74, 6) is -1.68. The van der Waals surface area contributed by atoms with Gasteiger partial charge in [0.2, 0.25) is 11.9 Å². The molecule has 0 spiro atoms. The van der Waals surface area contributed by atoms with Crippen molar-refractivity contribution in [2.45, 2.75) is 0 Å². The Bertz CT molecular complexity index is 4780. The first-order valence-electron chi connectivity index (χ1n) is 31.0. The van der Waals surface area contributed by atoms with Gasteiger partial charge in [0, 0.05) is 27.1 Å². The van der Waals surface area contributed by atoms with Gasteiger partial charge in [-0.1, -0.05) is 194 Å². The van der Waals surface area contributed by atoms with Gasteiger partial charge >= 0.3 is 0 Å². The fourth-order valence-electron chi connectivity index (χ4n) is 7.54. The van der Waals surface area contributed by atoms with Crippen LogP contribution < -0.4 is 0 Å². The third-order valence-corrected chi connectivity index (χ3v) is 10.3. The number of fused-ring (bicyclic) bond motifs is 6. The number of benzene rings is 9. The average Bonchev–Trinajstić information content (AvgIpc) is 1.55. The largest absolute Gasteiger partial charge is 0.278 e. The van der Waals surface area contributed by atoms with E-state index in [0.717, 1.165) is 20.3 Å². The first-order valence-corrected chi connectivity index (χ1v) is 19.0. The first-order chi connectivity index (χ1) is 40.7. The number of hydrogen-bond donors (Lipinski definition) is 0. The van der Waals surface area contributed by atoms with Crippen LogP contribution in [0.15, 0.2) is 224 Å². The Labute approximate surface area is 392 Å². The number of aromatic nitrogens is 5. The molecule has 3 heterocycles. The summed E-state index contributed by atoms with van der Waals surface area (Å²) in [4.78, 5) is 14.7. The van der Waals surface area contributed by atoms with E-state index >= 15 is 0 Å². The van der Waals surface area contributed by atoms with Crippen molar-refractivity contribution in [3.63, 3.8) is 0 Å². The third kappa shape index (κ3) is 5.98. The molecule has 0 N–H and O–H groups in total. The van der Waals surface area contributed by atoms with Crippen molar-refractivity contribution in [1.82, 2.24) is 24.1 Å². The Morgan fingerprint density at radius 2 is 0.774 bits per heavy atom. The molecule has 0 unspecified atom stereocenters. The fourth-order valence-corrected chi connectivity index (χ4v) is 7.54. The maximum atomic E-state index is 10.1. The Morgan fingerprint density at radius 1 is 0.323 bits per heavy atom. The lowest BCUT2D eigenvalue weighted by Crippen LogP contribution is -2.10. The van der Waals surface area contributed by atoms with Crippen LogP contribution in [0.25, 0.3) is 111 Å². The topological polar surface area (TPSA) is 48.5 Å². The summed E-state index contributed by atoms with van der Waals surface area (Å²) in [5, 5.41) is -1.83. The molecule has 0 fully saturated rings. The standard InChI is InChI=1S/C57H37N5/c1-4-17-38(18-5-1)41-31-33-49-50-34-32-42(39-19-6-2-7-20-39)37-54(50)62(53(49)36-41)57-59-55(58-56(60-57)61-51-29-14-12-27-47(51)48-28-13-15-30-52(48)61)44-24-16-23-43(35-44)46-26-11-10-25-45(46)40-21-8-3-9-22-40/h1-37H/i1D,2D,4D,5D,6D,7D,12D,13D,14D,15D,17D,18D,19D,20D,27D,28D,29D,30D,31D,32D,33D,34D,36D,37D. The minimum absolute atomic E-state index is 0.168. The third-order valence-electron chi connectivity index (χ3n) is 10.3. The first kappa shape index (κ1) is 18.9. The molecular formula is C57H37N5. The predicted octanol–water partition coefficient (Wildman–Crippen LogP) is 14.4. The van der Waals surface area contributed by atoms with Gasteiger partial charge in [-0.15, -0.1) is 0 Å². The molecule has 0 saturated heterocycles. The van der Waals surface area contributed by atoms with Crippen LogP contribution in [0.3, 0.4) is 0 Å². The molecule has 0 amide bonds. The highest BCUT2D eigenvalue weighted by atomic mass is 15.3. The van der Waals surface area contributed by atoms with Gasteiger partial charge in [-0.3, -0.25) is 9.13 Å². The highest BCUT2D eigenvalue weighted by Crippen LogP contribution is 2.39. The predicted molar refractivity (Wildman–Crippen MR) is 256 cm³/mol. The summed E-state index contributed by atoms with van der Waals surface area (Å²) in [6, 6.07) is 3.43. The van der Waals surface area contributed by atoms with E-state index in [2.05, 4.69) is 0 Å². The summed E-state index contributed by atoms with van der Waals surface area (Å²) in [7, 11) is 0. The van der Waals surface area contributed by atoms with Crippen LogP contribution in [0.5, 0.6) is 0 Å². The van der Waals surface area contributed by atoms with Crippen LogP contribution in [0.4, 0.5) is 0 Å². The highest BCUT2D eigenvalue weighted by molar-refractivity contribution is 6.11. The van der Waals surface area contributed by atoms with Crippen molar-refractivity contribution in [3.8, 4) is 67.8 Å². The second kappa shape index (κ2) is 14.7. The Kier molecular flexibility index (Phi) is 4.48. The smallest absolute Gasteiger partial charge is 0.240 e. The minimum Gasteiger partial charge on any atom is -0.278 e. The normalized spacial score (nSPS) is 17.0. The highest BCUT2D eigenvalue weighted by Gasteiger charge is 2.22. The van der Waals surface area contributed by atoms with Crippen LogP contribution >= 0.6 is 0 Å². The van der Waals surface area contributed by atoms with E-state index in [4.69, 9.17) is 34.1 Å². The minimum atomic E-state index is -0.912. The van der Waals surface area contributed by atoms with E-state index in [1.807, 2.05) is 54.6 Å². The molecule has 0 aliphatic heterocycles. The summed E-state index contributed by atoms with van der Waals surface area (Å²) >= 11 is 0. The van der Waals surface area contributed by atoms with E-state index in [-0.39, 0.29) is 22.2 Å².